The van der Waals surface area contributed by atoms with Crippen LogP contribution in [0.15, 0.2) is 41.9 Å². The second-order valence-corrected chi connectivity index (χ2v) is 7.03. The van der Waals surface area contributed by atoms with E-state index in [-0.39, 0.29) is 0 Å². The van der Waals surface area contributed by atoms with E-state index in [2.05, 4.69) is 42.6 Å². The SMILES string of the molecule is Cc1ccn(-c2ccc(N3CCN(Cc4cccs4)CC3)nn2)n1. The third kappa shape index (κ3) is 3.32. The Morgan fingerprint density at radius 1 is 1.00 bits per heavy atom. The van der Waals surface area contributed by atoms with E-state index in [0.29, 0.717) is 0 Å². The summed E-state index contributed by atoms with van der Waals surface area (Å²) in [7, 11) is 0. The molecular formula is C17H20N6S. The Hall–Kier alpha value is -2.25. The van der Waals surface area contributed by atoms with Gasteiger partial charge in [0, 0.05) is 43.8 Å². The van der Waals surface area contributed by atoms with Crippen molar-refractivity contribution in [2.45, 2.75) is 13.5 Å². The van der Waals surface area contributed by atoms with Crippen LogP contribution in [0.4, 0.5) is 5.82 Å². The Balaban J connectivity index is 1.37. The summed E-state index contributed by atoms with van der Waals surface area (Å²) in [4.78, 5) is 6.23. The molecule has 4 heterocycles. The van der Waals surface area contributed by atoms with Gasteiger partial charge in [-0.2, -0.15) is 5.10 Å². The molecule has 1 saturated heterocycles. The van der Waals surface area contributed by atoms with Crippen molar-refractivity contribution >= 4 is 17.2 Å². The third-order valence-corrected chi connectivity index (χ3v) is 5.11. The fourth-order valence-electron chi connectivity index (χ4n) is 2.91. The number of aryl methyl sites for hydroxylation is 1. The number of hydrogen-bond acceptors (Lipinski definition) is 6. The summed E-state index contributed by atoms with van der Waals surface area (Å²) in [5.74, 6) is 1.70. The van der Waals surface area contributed by atoms with E-state index in [1.165, 1.54) is 4.88 Å². The van der Waals surface area contributed by atoms with Crippen LogP contribution in [0.2, 0.25) is 0 Å². The molecule has 0 spiro atoms. The number of hydrogen-bond donors (Lipinski definition) is 0. The minimum Gasteiger partial charge on any atom is -0.353 e. The average Bonchev–Trinajstić information content (AvgIpc) is 3.28. The van der Waals surface area contributed by atoms with Crippen LogP contribution in [0.5, 0.6) is 0 Å². The largest absolute Gasteiger partial charge is 0.353 e. The maximum atomic E-state index is 4.39. The molecule has 0 radical (unpaired) electrons. The van der Waals surface area contributed by atoms with Gasteiger partial charge in [-0.25, -0.2) is 4.68 Å². The zero-order valence-electron chi connectivity index (χ0n) is 13.7. The molecule has 1 aliphatic rings. The van der Waals surface area contributed by atoms with Crippen LogP contribution in [-0.2, 0) is 6.54 Å². The molecule has 4 rings (SSSR count). The minimum atomic E-state index is 0.753. The van der Waals surface area contributed by atoms with Crippen molar-refractivity contribution in [1.29, 1.82) is 0 Å². The van der Waals surface area contributed by atoms with Crippen LogP contribution in [-0.4, -0.2) is 51.1 Å². The minimum absolute atomic E-state index is 0.753. The lowest BCUT2D eigenvalue weighted by Crippen LogP contribution is -2.46. The van der Waals surface area contributed by atoms with E-state index >= 15 is 0 Å². The lowest BCUT2D eigenvalue weighted by Gasteiger charge is -2.34. The summed E-state index contributed by atoms with van der Waals surface area (Å²) in [5.41, 5.74) is 0.975. The molecule has 0 atom stereocenters. The average molecular weight is 340 g/mol. The highest BCUT2D eigenvalue weighted by atomic mass is 32.1. The van der Waals surface area contributed by atoms with Crippen molar-refractivity contribution in [3.63, 3.8) is 0 Å². The number of aromatic nitrogens is 4. The molecule has 6 nitrogen and oxygen atoms in total. The smallest absolute Gasteiger partial charge is 0.175 e. The molecule has 3 aromatic heterocycles. The van der Waals surface area contributed by atoms with Gasteiger partial charge in [-0.3, -0.25) is 4.90 Å². The molecule has 0 unspecified atom stereocenters. The summed E-state index contributed by atoms with van der Waals surface area (Å²) in [6, 6.07) is 10.3. The lowest BCUT2D eigenvalue weighted by molar-refractivity contribution is 0.251. The van der Waals surface area contributed by atoms with E-state index in [1.54, 1.807) is 4.68 Å². The number of anilines is 1. The Morgan fingerprint density at radius 2 is 1.79 bits per heavy atom. The van der Waals surface area contributed by atoms with Crippen LogP contribution >= 0.6 is 11.3 Å². The van der Waals surface area contributed by atoms with Gasteiger partial charge in [0.15, 0.2) is 11.6 Å². The van der Waals surface area contributed by atoms with E-state index in [1.807, 2.05) is 42.7 Å². The van der Waals surface area contributed by atoms with Gasteiger partial charge in [0.2, 0.25) is 0 Å². The molecule has 0 saturated carbocycles. The standard InChI is InChI=1S/C17H20N6S/c1-14-6-7-23(20-14)17-5-4-16(18-19-17)22-10-8-21(9-11-22)13-15-3-2-12-24-15/h2-7,12H,8-11,13H2,1H3. The highest BCUT2D eigenvalue weighted by Crippen LogP contribution is 2.17. The predicted molar refractivity (Wildman–Crippen MR) is 95.7 cm³/mol. The van der Waals surface area contributed by atoms with Crippen LogP contribution in [0, 0.1) is 6.92 Å². The quantitative estimate of drug-likeness (QED) is 0.730. The van der Waals surface area contributed by atoms with Gasteiger partial charge in [0.05, 0.1) is 5.69 Å². The molecule has 0 bridgehead atoms. The maximum Gasteiger partial charge on any atom is 0.175 e. The third-order valence-electron chi connectivity index (χ3n) is 4.25. The number of rotatable bonds is 4. The fourth-order valence-corrected chi connectivity index (χ4v) is 3.66. The van der Waals surface area contributed by atoms with Gasteiger partial charge in [-0.15, -0.1) is 21.5 Å². The predicted octanol–water partition coefficient (Wildman–Crippen LogP) is 2.35. The first-order valence-corrected chi connectivity index (χ1v) is 9.02. The first kappa shape index (κ1) is 15.3. The van der Waals surface area contributed by atoms with Gasteiger partial charge in [0.1, 0.15) is 0 Å². The number of nitrogens with zero attached hydrogens (tertiary/aromatic N) is 6. The Morgan fingerprint density at radius 3 is 2.42 bits per heavy atom. The zero-order chi connectivity index (χ0) is 16.4. The first-order chi connectivity index (χ1) is 11.8. The zero-order valence-corrected chi connectivity index (χ0v) is 14.5. The molecule has 7 heteroatoms. The van der Waals surface area contributed by atoms with Crippen molar-refractivity contribution in [2.24, 2.45) is 0 Å². The Labute approximate surface area is 145 Å². The molecule has 0 amide bonds. The molecule has 24 heavy (non-hydrogen) atoms. The molecule has 1 fully saturated rings. The fraction of sp³-hybridized carbons (Fsp3) is 0.353. The molecule has 124 valence electrons. The summed E-state index contributed by atoms with van der Waals surface area (Å²) in [5, 5.41) is 15.2. The summed E-state index contributed by atoms with van der Waals surface area (Å²) in [6.07, 6.45) is 1.91. The van der Waals surface area contributed by atoms with Gasteiger partial charge < -0.3 is 4.90 Å². The molecule has 0 N–H and O–H groups in total. The Kier molecular flexibility index (Phi) is 4.27. The van der Waals surface area contributed by atoms with Crippen molar-refractivity contribution in [2.75, 3.05) is 31.1 Å². The lowest BCUT2D eigenvalue weighted by atomic mass is 10.3. The Bertz CT molecular complexity index is 772. The number of piperazine rings is 1. The second-order valence-electron chi connectivity index (χ2n) is 5.99. The highest BCUT2D eigenvalue weighted by molar-refractivity contribution is 7.09. The molecule has 0 aliphatic carbocycles. The van der Waals surface area contributed by atoms with E-state index in [0.717, 1.165) is 50.1 Å². The maximum absolute atomic E-state index is 4.39. The molecule has 0 aromatic carbocycles. The topological polar surface area (TPSA) is 50.1 Å². The van der Waals surface area contributed by atoms with Crippen molar-refractivity contribution < 1.29 is 0 Å². The molecule has 3 aromatic rings. The van der Waals surface area contributed by atoms with Crippen LogP contribution < -0.4 is 4.90 Å². The van der Waals surface area contributed by atoms with Gasteiger partial charge >= 0.3 is 0 Å². The summed E-state index contributed by atoms with van der Waals surface area (Å²) >= 11 is 1.83. The monoisotopic (exact) mass is 340 g/mol. The van der Waals surface area contributed by atoms with E-state index in [4.69, 9.17) is 0 Å². The normalized spacial score (nSPS) is 15.8. The van der Waals surface area contributed by atoms with Gasteiger partial charge in [-0.1, -0.05) is 6.07 Å². The van der Waals surface area contributed by atoms with Gasteiger partial charge in [0.25, 0.3) is 0 Å². The van der Waals surface area contributed by atoms with Crippen LogP contribution in [0.1, 0.15) is 10.6 Å². The number of thiophene rings is 1. The highest BCUT2D eigenvalue weighted by Gasteiger charge is 2.18. The van der Waals surface area contributed by atoms with Crippen molar-refractivity contribution in [1.82, 2.24) is 24.9 Å². The van der Waals surface area contributed by atoms with Crippen molar-refractivity contribution in [3.8, 4) is 5.82 Å². The second kappa shape index (κ2) is 6.70. The molecular weight excluding hydrogens is 320 g/mol. The van der Waals surface area contributed by atoms with E-state index < -0.39 is 0 Å². The van der Waals surface area contributed by atoms with Crippen LogP contribution in [0.3, 0.4) is 0 Å². The van der Waals surface area contributed by atoms with E-state index in [9.17, 15) is 0 Å². The molecule has 1 aliphatic heterocycles. The summed E-state index contributed by atoms with van der Waals surface area (Å²) in [6.45, 7) is 7.10. The first-order valence-electron chi connectivity index (χ1n) is 8.14. The summed E-state index contributed by atoms with van der Waals surface area (Å²) < 4.78 is 1.76. The van der Waals surface area contributed by atoms with Crippen molar-refractivity contribution in [3.05, 3.63) is 52.5 Å². The van der Waals surface area contributed by atoms with Crippen LogP contribution in [0.25, 0.3) is 5.82 Å². The van der Waals surface area contributed by atoms with Gasteiger partial charge in [-0.05, 0) is 36.6 Å².